The van der Waals surface area contributed by atoms with Crippen molar-refractivity contribution in [1.82, 2.24) is 51.9 Å². The van der Waals surface area contributed by atoms with Crippen LogP contribution < -0.4 is 37.2 Å². The smallest absolute Gasteiger partial charge is 0.445 e. The molecule has 10 amide bonds. The third-order valence-electron chi connectivity index (χ3n) is 9.85. The number of hydrogen-bond donors (Lipinski definition) is 7. The molecule has 0 bridgehead atoms. The topological polar surface area (TPSA) is 274 Å². The molecule has 33 heteroatoms. The van der Waals surface area contributed by atoms with Crippen molar-refractivity contribution >= 4 is 59.3 Å². The molecule has 0 atom stereocenters. The summed E-state index contributed by atoms with van der Waals surface area (Å²) in [6.45, 7) is -6.75. The molecule has 0 spiro atoms. The number of halogens is 12. The molecule has 75 heavy (non-hydrogen) atoms. The first-order valence-electron chi connectivity index (χ1n) is 22.6. The SMILES string of the molecule is O=C(CCC(=O)N(CCNC(=O)C(F)(F)F)CCNC(=O)C(F)(F)F)NCCN(CCNC(=O)CCC(=O)N(CCNC(=O)C(F)(F)F)CCNC(=O)C(F)(F)F)C(=O)CCCCCNC(=O)OCc1ccccc1. The van der Waals surface area contributed by atoms with E-state index in [1.807, 2.05) is 0 Å². The van der Waals surface area contributed by atoms with Gasteiger partial charge in [-0.3, -0.25) is 43.2 Å². The van der Waals surface area contributed by atoms with Gasteiger partial charge in [0.15, 0.2) is 0 Å². The molecule has 0 saturated heterocycles. The van der Waals surface area contributed by atoms with Crippen molar-refractivity contribution in [2.75, 3.05) is 85.1 Å². The molecule has 0 aromatic heterocycles. The fourth-order valence-corrected chi connectivity index (χ4v) is 6.00. The van der Waals surface area contributed by atoms with Crippen LogP contribution in [0.1, 0.15) is 56.9 Å². The Hall–Kier alpha value is -7.12. The Kier molecular flexibility index (Phi) is 28.9. The van der Waals surface area contributed by atoms with Gasteiger partial charge < -0.3 is 56.7 Å². The quantitative estimate of drug-likeness (QED) is 0.0401. The van der Waals surface area contributed by atoms with E-state index in [0.717, 1.165) is 5.56 Å². The average Bonchev–Trinajstić information content (AvgIpc) is 3.32. The molecule has 0 heterocycles. The van der Waals surface area contributed by atoms with Crippen LogP contribution in [0.5, 0.6) is 0 Å². The van der Waals surface area contributed by atoms with Crippen LogP contribution in [0.3, 0.4) is 0 Å². The van der Waals surface area contributed by atoms with Crippen LogP contribution in [0.25, 0.3) is 0 Å². The molecular weight excluding hydrogens is 1050 g/mol. The van der Waals surface area contributed by atoms with Crippen molar-refractivity contribution in [3.05, 3.63) is 35.9 Å². The number of alkyl halides is 12. The van der Waals surface area contributed by atoms with E-state index in [0.29, 0.717) is 22.6 Å². The minimum Gasteiger partial charge on any atom is -0.445 e. The summed E-state index contributed by atoms with van der Waals surface area (Å²) in [5, 5.41) is 13.3. The molecule has 1 rings (SSSR count). The van der Waals surface area contributed by atoms with Crippen molar-refractivity contribution in [2.24, 2.45) is 0 Å². The van der Waals surface area contributed by atoms with Crippen LogP contribution in [-0.2, 0) is 54.5 Å². The maximum absolute atomic E-state index is 13.3. The molecule has 1 aromatic carbocycles. The molecular formula is C42H56F12N10O11. The standard InChI is InChI=1S/C42H56F12N10O11/c43-39(44,45)34(70)57-17-23-63(24-18-58-35(71)40(46,47)48)32(68)12-10-29(65)55-15-21-62(31(67)9-5-2-6-14-61-38(74)75-27-28-7-3-1-4-8-28)22-16-56-30(66)11-13-33(69)64(25-19-59-36(72)41(49,50)51)26-20-60-37(73)42(52,53)54/h1,3-4,7-8H,2,5-6,9-27H2,(H,55,65)(H,56,66)(H,57,70)(H,58,71)(H,59,72)(H,60,73)(H,61,74). The number of carbonyl (C=O) groups is 10. The van der Waals surface area contributed by atoms with Gasteiger partial charge in [0.2, 0.25) is 29.5 Å². The Bertz CT molecular complexity index is 1880. The average molecular weight is 1100 g/mol. The number of nitrogens with one attached hydrogen (secondary N) is 7. The van der Waals surface area contributed by atoms with E-state index >= 15 is 0 Å². The van der Waals surface area contributed by atoms with Crippen molar-refractivity contribution in [2.45, 2.75) is 82.7 Å². The number of rotatable bonds is 32. The van der Waals surface area contributed by atoms with Gasteiger partial charge in [0.05, 0.1) is 0 Å². The highest BCUT2D eigenvalue weighted by Gasteiger charge is 2.41. The van der Waals surface area contributed by atoms with Gasteiger partial charge in [0, 0.05) is 117 Å². The maximum atomic E-state index is 13.3. The Balaban J connectivity index is 2.91. The van der Waals surface area contributed by atoms with Gasteiger partial charge in [-0.05, 0) is 18.4 Å². The predicted octanol–water partition coefficient (Wildman–Crippen LogP) is 1.47. The maximum Gasteiger partial charge on any atom is 0.471 e. The van der Waals surface area contributed by atoms with E-state index < -0.39 is 162 Å². The van der Waals surface area contributed by atoms with E-state index in [-0.39, 0.29) is 52.2 Å². The number of benzene rings is 1. The summed E-state index contributed by atoms with van der Waals surface area (Å²) in [7, 11) is 0. The van der Waals surface area contributed by atoms with Gasteiger partial charge in [-0.2, -0.15) is 52.7 Å². The Morgan fingerprint density at radius 3 is 1.03 bits per heavy atom. The van der Waals surface area contributed by atoms with E-state index in [1.54, 1.807) is 30.3 Å². The first kappa shape index (κ1) is 65.9. The molecule has 1 aromatic rings. The first-order valence-corrected chi connectivity index (χ1v) is 22.6. The number of nitrogens with zero attached hydrogens (tertiary/aromatic N) is 3. The Morgan fingerprint density at radius 2 is 0.693 bits per heavy atom. The lowest BCUT2D eigenvalue weighted by Crippen LogP contribution is -2.46. The molecule has 21 nitrogen and oxygen atoms in total. The Morgan fingerprint density at radius 1 is 0.373 bits per heavy atom. The number of hydrogen-bond acceptors (Lipinski definition) is 11. The largest absolute Gasteiger partial charge is 0.471 e. The highest BCUT2D eigenvalue weighted by atomic mass is 19.4. The van der Waals surface area contributed by atoms with Crippen molar-refractivity contribution in [3.63, 3.8) is 0 Å². The summed E-state index contributed by atoms with van der Waals surface area (Å²) in [6, 6.07) is 8.83. The summed E-state index contributed by atoms with van der Waals surface area (Å²) in [5.41, 5.74) is 0.757. The van der Waals surface area contributed by atoms with Crippen LogP contribution in [0.2, 0.25) is 0 Å². The second-order valence-electron chi connectivity index (χ2n) is 15.7. The van der Waals surface area contributed by atoms with Gasteiger partial charge in [-0.1, -0.05) is 36.8 Å². The van der Waals surface area contributed by atoms with Crippen molar-refractivity contribution in [1.29, 1.82) is 0 Å². The second-order valence-corrected chi connectivity index (χ2v) is 15.7. The number of ether oxygens (including phenoxy) is 1. The van der Waals surface area contributed by atoms with E-state index in [1.165, 1.54) is 26.2 Å². The highest BCUT2D eigenvalue weighted by Crippen LogP contribution is 2.17. The van der Waals surface area contributed by atoms with E-state index in [9.17, 15) is 101 Å². The summed E-state index contributed by atoms with van der Waals surface area (Å²) in [4.78, 5) is 124. The van der Waals surface area contributed by atoms with Crippen LogP contribution in [0.15, 0.2) is 30.3 Å². The number of carbonyl (C=O) groups excluding carboxylic acids is 10. The summed E-state index contributed by atoms with van der Waals surface area (Å²) in [6.07, 6.45) is -23.4. The molecule has 0 radical (unpaired) electrons. The number of amides is 10. The van der Waals surface area contributed by atoms with Gasteiger partial charge in [-0.25, -0.2) is 4.79 Å². The van der Waals surface area contributed by atoms with Gasteiger partial charge in [-0.15, -0.1) is 0 Å². The monoisotopic (exact) mass is 1100 g/mol. The zero-order valence-corrected chi connectivity index (χ0v) is 39.8. The molecule has 0 aliphatic rings. The molecule has 0 saturated carbocycles. The zero-order valence-electron chi connectivity index (χ0n) is 39.8. The second kappa shape index (κ2) is 32.9. The lowest BCUT2D eigenvalue weighted by atomic mass is 10.1. The van der Waals surface area contributed by atoms with E-state index in [2.05, 4.69) is 16.0 Å². The zero-order chi connectivity index (χ0) is 56.8. The third kappa shape index (κ3) is 30.0. The fourth-order valence-electron chi connectivity index (χ4n) is 6.00. The molecule has 0 aliphatic carbocycles. The Labute approximate surface area is 419 Å². The van der Waals surface area contributed by atoms with Crippen molar-refractivity contribution < 1.29 is 105 Å². The van der Waals surface area contributed by atoms with Gasteiger partial charge >= 0.3 is 54.4 Å². The van der Waals surface area contributed by atoms with Gasteiger partial charge in [0.1, 0.15) is 6.61 Å². The first-order chi connectivity index (χ1) is 34.9. The fraction of sp³-hybridized carbons (Fsp3) is 0.619. The lowest BCUT2D eigenvalue weighted by molar-refractivity contribution is -0.173. The molecule has 0 aliphatic heterocycles. The molecule has 0 fully saturated rings. The minimum atomic E-state index is -5.30. The van der Waals surface area contributed by atoms with Crippen molar-refractivity contribution in [3.8, 4) is 0 Å². The van der Waals surface area contributed by atoms with Crippen LogP contribution in [-0.4, -0.2) is 184 Å². The third-order valence-corrected chi connectivity index (χ3v) is 9.85. The van der Waals surface area contributed by atoms with Crippen LogP contribution >= 0.6 is 0 Å². The number of unbranched alkanes of at least 4 members (excludes halogenated alkanes) is 2. The lowest BCUT2D eigenvalue weighted by Gasteiger charge is -2.24. The van der Waals surface area contributed by atoms with E-state index in [4.69, 9.17) is 4.74 Å². The molecule has 0 unspecified atom stereocenters. The molecule has 424 valence electrons. The predicted molar refractivity (Wildman–Crippen MR) is 234 cm³/mol. The van der Waals surface area contributed by atoms with Crippen LogP contribution in [0.4, 0.5) is 57.5 Å². The molecule has 7 N–H and O–H groups in total. The van der Waals surface area contributed by atoms with Gasteiger partial charge in [0.25, 0.3) is 0 Å². The highest BCUT2D eigenvalue weighted by molar-refractivity contribution is 5.86. The number of alkyl carbamates (subject to hydrolysis) is 1. The summed E-state index contributed by atoms with van der Waals surface area (Å²) in [5.74, 6) is -13.6. The summed E-state index contributed by atoms with van der Waals surface area (Å²) < 4.78 is 156. The normalized spacial score (nSPS) is 11.6. The van der Waals surface area contributed by atoms with Crippen LogP contribution in [0, 0.1) is 0 Å². The summed E-state index contributed by atoms with van der Waals surface area (Å²) >= 11 is 0. The minimum absolute atomic E-state index is 0.0290.